The second-order valence-electron chi connectivity index (χ2n) is 1.97. The number of rotatable bonds is 5. The predicted molar refractivity (Wildman–Crippen MR) is 47.3 cm³/mol. The van der Waals surface area contributed by atoms with Crippen LogP contribution in [0.2, 0.25) is 0 Å². The van der Waals surface area contributed by atoms with Gasteiger partial charge in [0.25, 0.3) is 0 Å². The summed E-state index contributed by atoms with van der Waals surface area (Å²) in [5.74, 6) is 0. The highest BCUT2D eigenvalue weighted by atomic mass is 16.6. The minimum absolute atomic E-state index is 0.329. The van der Waals surface area contributed by atoms with Crippen LogP contribution >= 0.6 is 0 Å². The molecule has 66 valence electrons. The summed E-state index contributed by atoms with van der Waals surface area (Å²) in [6.07, 6.45) is 5.39. The van der Waals surface area contributed by atoms with Gasteiger partial charge in [0.1, 0.15) is 5.70 Å². The molecule has 0 radical (unpaired) electrons. The topological polar surface area (TPSA) is 57.5 Å². The lowest BCUT2D eigenvalue weighted by Crippen LogP contribution is -2.11. The van der Waals surface area contributed by atoms with Crippen molar-refractivity contribution in [1.29, 1.82) is 5.53 Å². The Bertz CT molecular complexity index is 218. The van der Waals surface area contributed by atoms with Crippen molar-refractivity contribution in [1.82, 2.24) is 5.48 Å². The summed E-state index contributed by atoms with van der Waals surface area (Å²) < 4.78 is 0. The third-order valence-electron chi connectivity index (χ3n) is 1.11. The van der Waals surface area contributed by atoms with Crippen molar-refractivity contribution in [2.45, 2.75) is 6.92 Å². The molecule has 0 saturated heterocycles. The molecule has 0 unspecified atom stereocenters. The summed E-state index contributed by atoms with van der Waals surface area (Å²) >= 11 is 0. The lowest BCUT2D eigenvalue weighted by Gasteiger charge is -2.04. The molecule has 0 fully saturated rings. The first-order valence-corrected chi connectivity index (χ1v) is 3.45. The zero-order chi connectivity index (χ0) is 9.40. The average molecular weight is 167 g/mol. The Balaban J connectivity index is 4.41. The minimum Gasteiger partial charge on any atom is -0.279 e. The van der Waals surface area contributed by atoms with Crippen molar-refractivity contribution in [2.75, 3.05) is 7.11 Å². The third-order valence-corrected chi connectivity index (χ3v) is 1.11. The Labute approximate surface area is 72.1 Å². The summed E-state index contributed by atoms with van der Waals surface area (Å²) in [7, 11) is 1.49. The highest BCUT2D eigenvalue weighted by Gasteiger charge is 1.97. The van der Waals surface area contributed by atoms with Crippen molar-refractivity contribution >= 4 is 0 Å². The molecule has 0 rings (SSSR count). The maximum absolute atomic E-state index is 6.72. The largest absolute Gasteiger partial charge is 0.279 e. The fourth-order valence-corrected chi connectivity index (χ4v) is 0.552. The van der Waals surface area contributed by atoms with Crippen molar-refractivity contribution in [3.8, 4) is 0 Å². The minimum atomic E-state index is 0.329. The molecule has 0 aliphatic carbocycles. The van der Waals surface area contributed by atoms with E-state index >= 15 is 0 Å². The molecule has 0 bridgehead atoms. The van der Waals surface area contributed by atoms with Crippen molar-refractivity contribution in [3.05, 3.63) is 36.2 Å². The van der Waals surface area contributed by atoms with Gasteiger partial charge >= 0.3 is 0 Å². The molecule has 0 saturated carbocycles. The lowest BCUT2D eigenvalue weighted by atomic mass is 10.3. The lowest BCUT2D eigenvalue weighted by molar-refractivity contribution is 0.119. The van der Waals surface area contributed by atoms with Gasteiger partial charge in [0.15, 0.2) is 0 Å². The van der Waals surface area contributed by atoms with E-state index in [2.05, 4.69) is 22.0 Å². The first-order valence-electron chi connectivity index (χ1n) is 3.45. The van der Waals surface area contributed by atoms with Crippen molar-refractivity contribution in [3.63, 3.8) is 0 Å². The van der Waals surface area contributed by atoms with Gasteiger partial charge in [0.2, 0.25) is 0 Å². The van der Waals surface area contributed by atoms with E-state index in [0.717, 1.165) is 0 Å². The monoisotopic (exact) mass is 167 g/mol. The summed E-state index contributed by atoms with van der Waals surface area (Å²) in [5, 5.41) is 3.17. The van der Waals surface area contributed by atoms with Crippen LogP contribution in [0.25, 0.3) is 0 Å². The number of allylic oxidation sites excluding steroid dienone is 3. The van der Waals surface area contributed by atoms with E-state index in [1.807, 2.05) is 13.0 Å². The maximum atomic E-state index is 6.72. The molecule has 0 aliphatic rings. The summed E-state index contributed by atoms with van der Waals surface area (Å²) in [6, 6.07) is 0. The Hall–Kier alpha value is -1.42. The molecule has 4 nitrogen and oxygen atoms in total. The molecule has 0 atom stereocenters. The molecule has 12 heavy (non-hydrogen) atoms. The molecule has 4 heteroatoms. The molecular formula is C8H13N3O. The molecule has 0 amide bonds. The first kappa shape index (κ1) is 10.6. The molecular weight excluding hydrogens is 154 g/mol. The van der Waals surface area contributed by atoms with Crippen LogP contribution in [0.5, 0.6) is 0 Å². The molecule has 0 aliphatic heterocycles. The van der Waals surface area contributed by atoms with Gasteiger partial charge in [-0.25, -0.2) is 5.53 Å². The fourth-order valence-electron chi connectivity index (χ4n) is 0.552. The van der Waals surface area contributed by atoms with E-state index < -0.39 is 0 Å². The zero-order valence-corrected chi connectivity index (χ0v) is 7.29. The van der Waals surface area contributed by atoms with Crippen molar-refractivity contribution < 1.29 is 4.84 Å². The summed E-state index contributed by atoms with van der Waals surface area (Å²) in [5.41, 5.74) is 10.2. The normalized spacial score (nSPS) is 11.7. The van der Waals surface area contributed by atoms with Crippen LogP contribution in [-0.4, -0.2) is 7.11 Å². The molecule has 0 aromatic heterocycles. The number of nitrogens with one attached hydrogen (secondary N) is 2. The number of nitrogens with zero attached hydrogens (tertiary/aromatic N) is 1. The highest BCUT2D eigenvalue weighted by Crippen LogP contribution is 2.04. The van der Waals surface area contributed by atoms with Gasteiger partial charge in [-0.2, -0.15) is 5.11 Å². The first-order chi connectivity index (χ1) is 5.76. The van der Waals surface area contributed by atoms with Crippen molar-refractivity contribution in [2.24, 2.45) is 5.11 Å². The van der Waals surface area contributed by atoms with Crippen LogP contribution in [-0.2, 0) is 4.84 Å². The number of hydroxylamine groups is 1. The quantitative estimate of drug-likeness (QED) is 0.374. The Kier molecular flexibility index (Phi) is 5.55. The van der Waals surface area contributed by atoms with Gasteiger partial charge in [0, 0.05) is 0 Å². The van der Waals surface area contributed by atoms with Crippen LogP contribution in [0.15, 0.2) is 41.3 Å². The maximum Gasteiger partial charge on any atom is 0.103 e. The average Bonchev–Trinajstić information content (AvgIpc) is 2.11. The molecule has 0 aromatic carbocycles. The fraction of sp³-hybridized carbons (Fsp3) is 0.250. The van der Waals surface area contributed by atoms with E-state index in [0.29, 0.717) is 11.4 Å². The SMILES string of the molecule is C=C(N=N)/C(=C\C=C/C)NOC. The summed E-state index contributed by atoms with van der Waals surface area (Å²) in [4.78, 5) is 4.67. The van der Waals surface area contributed by atoms with Gasteiger partial charge in [-0.05, 0) is 13.0 Å². The zero-order valence-electron chi connectivity index (χ0n) is 7.29. The Morgan fingerprint density at radius 2 is 2.33 bits per heavy atom. The molecule has 0 spiro atoms. The Morgan fingerprint density at radius 3 is 2.75 bits per heavy atom. The van der Waals surface area contributed by atoms with Crippen LogP contribution < -0.4 is 5.48 Å². The van der Waals surface area contributed by atoms with Crippen LogP contribution in [0.4, 0.5) is 0 Å². The van der Waals surface area contributed by atoms with E-state index in [1.165, 1.54) is 7.11 Å². The van der Waals surface area contributed by atoms with Gasteiger partial charge in [-0.1, -0.05) is 18.7 Å². The second-order valence-corrected chi connectivity index (χ2v) is 1.97. The second kappa shape index (κ2) is 6.30. The van der Waals surface area contributed by atoms with Gasteiger partial charge in [-0.3, -0.25) is 10.3 Å². The van der Waals surface area contributed by atoms with Gasteiger partial charge in [-0.15, -0.1) is 0 Å². The summed E-state index contributed by atoms with van der Waals surface area (Å²) in [6.45, 7) is 5.44. The number of hydrogen-bond acceptors (Lipinski definition) is 4. The van der Waals surface area contributed by atoms with E-state index in [-0.39, 0.29) is 0 Å². The smallest absolute Gasteiger partial charge is 0.103 e. The van der Waals surface area contributed by atoms with Crippen LogP contribution in [0, 0.1) is 5.53 Å². The van der Waals surface area contributed by atoms with Gasteiger partial charge in [0.05, 0.1) is 12.8 Å². The van der Waals surface area contributed by atoms with Crippen LogP contribution in [0.1, 0.15) is 6.92 Å². The van der Waals surface area contributed by atoms with Crippen LogP contribution in [0.3, 0.4) is 0 Å². The Morgan fingerprint density at radius 1 is 1.67 bits per heavy atom. The molecule has 2 N–H and O–H groups in total. The number of hydrogen-bond donors (Lipinski definition) is 2. The standard InChI is InChI=1S/C8H13N3O/c1-4-5-6-8(11-12-3)7(2)10-9/h4-6,9,11H,2H2,1,3H3/b5-4-,8-6+,10-9?. The predicted octanol–water partition coefficient (Wildman–Crippen LogP) is 2.14. The van der Waals surface area contributed by atoms with E-state index in [1.54, 1.807) is 12.2 Å². The highest BCUT2D eigenvalue weighted by molar-refractivity contribution is 5.27. The van der Waals surface area contributed by atoms with E-state index in [4.69, 9.17) is 5.53 Å². The van der Waals surface area contributed by atoms with E-state index in [9.17, 15) is 0 Å². The molecule has 0 aromatic rings. The third kappa shape index (κ3) is 3.68. The molecule has 0 heterocycles. The van der Waals surface area contributed by atoms with Gasteiger partial charge < -0.3 is 0 Å².